The van der Waals surface area contributed by atoms with Crippen molar-refractivity contribution in [3.63, 3.8) is 0 Å². The smallest absolute Gasteiger partial charge is 0.226 e. The summed E-state index contributed by atoms with van der Waals surface area (Å²) in [4.78, 5) is 14.4. The molecule has 1 fully saturated rings. The van der Waals surface area contributed by atoms with Crippen LogP contribution in [0.1, 0.15) is 37.4 Å². The van der Waals surface area contributed by atoms with Gasteiger partial charge in [-0.15, -0.1) is 0 Å². The second kappa shape index (κ2) is 5.98. The molecule has 1 atom stereocenters. The Morgan fingerprint density at radius 1 is 1.24 bits per heavy atom. The van der Waals surface area contributed by atoms with E-state index < -0.39 is 6.10 Å². The zero-order valence-corrected chi connectivity index (χ0v) is 11.9. The van der Waals surface area contributed by atoms with Crippen LogP contribution in [0.4, 0.5) is 4.39 Å². The van der Waals surface area contributed by atoms with Crippen molar-refractivity contribution in [2.24, 2.45) is 5.92 Å². The molecule has 0 heterocycles. The fourth-order valence-corrected chi connectivity index (χ4v) is 2.84. The van der Waals surface area contributed by atoms with Gasteiger partial charge in [-0.1, -0.05) is 24.3 Å². The highest BCUT2D eigenvalue weighted by Gasteiger charge is 2.36. The first-order chi connectivity index (χ1) is 10.1. The van der Waals surface area contributed by atoms with Gasteiger partial charge in [-0.05, 0) is 43.4 Å². The zero-order valence-electron chi connectivity index (χ0n) is 11.9. The number of benzene rings is 1. The third-order valence-electron chi connectivity index (χ3n) is 4.25. The van der Waals surface area contributed by atoms with E-state index >= 15 is 0 Å². The van der Waals surface area contributed by atoms with Gasteiger partial charge in [0.15, 0.2) is 0 Å². The largest absolute Gasteiger partial charge is 0.387 e. The summed E-state index contributed by atoms with van der Waals surface area (Å²) in [5, 5.41) is 10.3. The van der Waals surface area contributed by atoms with E-state index in [0.717, 1.165) is 25.7 Å². The maximum absolute atomic E-state index is 12.9. The Labute approximate surface area is 124 Å². The number of allylic oxidation sites excluding steroid dienone is 2. The molecule has 1 saturated carbocycles. The Morgan fingerprint density at radius 3 is 2.43 bits per heavy atom. The van der Waals surface area contributed by atoms with Gasteiger partial charge in [0.1, 0.15) is 5.82 Å². The predicted molar refractivity (Wildman–Crippen MR) is 78.0 cm³/mol. The minimum atomic E-state index is -0.760. The first kappa shape index (κ1) is 14.3. The fraction of sp³-hybridized carbons (Fsp3) is 0.471. The molecule has 0 aromatic heterocycles. The third kappa shape index (κ3) is 3.32. The fourth-order valence-electron chi connectivity index (χ4n) is 2.84. The van der Waals surface area contributed by atoms with E-state index in [1.165, 1.54) is 12.1 Å². The van der Waals surface area contributed by atoms with Crippen molar-refractivity contribution in [3.05, 3.63) is 47.8 Å². The lowest BCUT2D eigenvalue weighted by atomic mass is 10.0. The van der Waals surface area contributed by atoms with Crippen LogP contribution in [0, 0.1) is 11.7 Å². The molecule has 2 aliphatic rings. The van der Waals surface area contributed by atoms with Crippen molar-refractivity contribution in [3.8, 4) is 0 Å². The predicted octanol–water partition coefficient (Wildman–Crippen LogP) is 2.82. The minimum Gasteiger partial charge on any atom is -0.387 e. The van der Waals surface area contributed by atoms with Gasteiger partial charge >= 0.3 is 0 Å². The number of aliphatic hydroxyl groups excluding tert-OH is 1. The molecule has 2 aliphatic carbocycles. The summed E-state index contributed by atoms with van der Waals surface area (Å²) in [5.41, 5.74) is 0.652. The van der Waals surface area contributed by atoms with Gasteiger partial charge < -0.3 is 10.0 Å². The second-order valence-electron chi connectivity index (χ2n) is 5.93. The topological polar surface area (TPSA) is 40.5 Å². The van der Waals surface area contributed by atoms with Crippen LogP contribution >= 0.6 is 0 Å². The van der Waals surface area contributed by atoms with Crippen LogP contribution in [0.25, 0.3) is 0 Å². The first-order valence-corrected chi connectivity index (χ1v) is 7.54. The van der Waals surface area contributed by atoms with E-state index in [4.69, 9.17) is 0 Å². The maximum Gasteiger partial charge on any atom is 0.226 e. The van der Waals surface area contributed by atoms with Crippen molar-refractivity contribution in [1.29, 1.82) is 0 Å². The number of amides is 1. The van der Waals surface area contributed by atoms with E-state index in [1.54, 1.807) is 12.1 Å². The highest BCUT2D eigenvalue weighted by Crippen LogP contribution is 2.32. The van der Waals surface area contributed by atoms with E-state index in [0.29, 0.717) is 12.1 Å². The summed E-state index contributed by atoms with van der Waals surface area (Å²) in [7, 11) is 0. The van der Waals surface area contributed by atoms with Gasteiger partial charge in [0.2, 0.25) is 5.91 Å². The van der Waals surface area contributed by atoms with E-state index in [9.17, 15) is 14.3 Å². The molecule has 4 heteroatoms. The summed E-state index contributed by atoms with van der Waals surface area (Å²) in [6.07, 6.45) is 6.96. The van der Waals surface area contributed by atoms with Crippen molar-refractivity contribution in [2.75, 3.05) is 6.54 Å². The van der Waals surface area contributed by atoms with Crippen LogP contribution in [0.2, 0.25) is 0 Å². The molecule has 1 aromatic rings. The van der Waals surface area contributed by atoms with Crippen LogP contribution in [0.3, 0.4) is 0 Å². The average molecular weight is 289 g/mol. The molecule has 0 saturated heterocycles. The van der Waals surface area contributed by atoms with Gasteiger partial charge in [-0.25, -0.2) is 4.39 Å². The van der Waals surface area contributed by atoms with Gasteiger partial charge in [-0.2, -0.15) is 0 Å². The number of carbonyl (C=O) groups excluding carboxylic acids is 1. The minimum absolute atomic E-state index is 0.0333. The van der Waals surface area contributed by atoms with Crippen molar-refractivity contribution >= 4 is 5.91 Å². The lowest BCUT2D eigenvalue weighted by molar-refractivity contribution is -0.137. The summed E-state index contributed by atoms with van der Waals surface area (Å²) < 4.78 is 12.9. The van der Waals surface area contributed by atoms with Crippen molar-refractivity contribution in [1.82, 2.24) is 4.90 Å². The number of aliphatic hydroxyl groups is 1. The molecule has 3 rings (SSSR count). The lowest BCUT2D eigenvalue weighted by Crippen LogP contribution is -2.40. The molecular weight excluding hydrogens is 269 g/mol. The van der Waals surface area contributed by atoms with Gasteiger partial charge in [0, 0.05) is 12.0 Å². The van der Waals surface area contributed by atoms with Crippen LogP contribution in [0.15, 0.2) is 36.4 Å². The van der Waals surface area contributed by atoms with E-state index in [2.05, 4.69) is 0 Å². The SMILES string of the molecule is O=C(C1CC=CC1)N(CC(O)c1ccc(F)cc1)C1CC1. The average Bonchev–Trinajstić information content (AvgIpc) is 3.18. The van der Waals surface area contributed by atoms with E-state index in [1.807, 2.05) is 17.1 Å². The first-order valence-electron chi connectivity index (χ1n) is 7.54. The van der Waals surface area contributed by atoms with Crippen LogP contribution in [0.5, 0.6) is 0 Å². The highest BCUT2D eigenvalue weighted by atomic mass is 19.1. The van der Waals surface area contributed by atoms with Crippen LogP contribution < -0.4 is 0 Å². The zero-order chi connectivity index (χ0) is 14.8. The van der Waals surface area contributed by atoms with Gasteiger partial charge in [-0.3, -0.25) is 4.79 Å². The highest BCUT2D eigenvalue weighted by molar-refractivity contribution is 5.80. The lowest BCUT2D eigenvalue weighted by Gasteiger charge is -2.28. The number of carbonyl (C=O) groups is 1. The molecule has 1 amide bonds. The molecular formula is C17H20FNO2. The Bertz CT molecular complexity index is 528. The summed E-state index contributed by atoms with van der Waals surface area (Å²) in [5.74, 6) is -0.146. The maximum atomic E-state index is 12.9. The number of hydrogen-bond donors (Lipinski definition) is 1. The number of rotatable bonds is 5. The van der Waals surface area contributed by atoms with Crippen molar-refractivity contribution < 1.29 is 14.3 Å². The summed E-state index contributed by atoms with van der Waals surface area (Å²) in [6.45, 7) is 0.297. The number of nitrogens with zero attached hydrogens (tertiary/aromatic N) is 1. The van der Waals surface area contributed by atoms with Crippen molar-refractivity contribution in [2.45, 2.75) is 37.8 Å². The summed E-state index contributed by atoms with van der Waals surface area (Å²) in [6, 6.07) is 6.10. The van der Waals surface area contributed by atoms with Crippen LogP contribution in [-0.2, 0) is 4.79 Å². The van der Waals surface area contributed by atoms with E-state index in [-0.39, 0.29) is 23.7 Å². The molecule has 1 aromatic carbocycles. The molecule has 0 aliphatic heterocycles. The monoisotopic (exact) mass is 289 g/mol. The molecule has 21 heavy (non-hydrogen) atoms. The Morgan fingerprint density at radius 2 is 1.86 bits per heavy atom. The quantitative estimate of drug-likeness (QED) is 0.847. The molecule has 0 spiro atoms. The van der Waals surface area contributed by atoms with Gasteiger partial charge in [0.25, 0.3) is 0 Å². The number of hydrogen-bond acceptors (Lipinski definition) is 2. The molecule has 0 radical (unpaired) electrons. The Hall–Kier alpha value is -1.68. The second-order valence-corrected chi connectivity index (χ2v) is 5.93. The number of halogens is 1. The normalized spacial score (nSPS) is 19.7. The van der Waals surface area contributed by atoms with Gasteiger partial charge in [0.05, 0.1) is 12.6 Å². The third-order valence-corrected chi connectivity index (χ3v) is 4.25. The molecule has 0 bridgehead atoms. The molecule has 1 unspecified atom stereocenters. The summed E-state index contributed by atoms with van der Waals surface area (Å²) >= 11 is 0. The Kier molecular flexibility index (Phi) is 4.06. The standard InChI is InChI=1S/C17H20FNO2/c18-14-7-5-12(6-8-14)16(20)11-19(15-9-10-15)17(21)13-3-1-2-4-13/h1-2,5-8,13,15-16,20H,3-4,9-11H2. The molecule has 112 valence electrons. The van der Waals surface area contributed by atoms with Crippen LogP contribution in [-0.4, -0.2) is 28.5 Å². The molecule has 3 nitrogen and oxygen atoms in total. The Balaban J connectivity index is 1.67. The molecule has 1 N–H and O–H groups in total.